The molecule has 13 heavy (non-hydrogen) atoms. The Morgan fingerprint density at radius 3 is 2.54 bits per heavy atom. The lowest BCUT2D eigenvalue weighted by molar-refractivity contribution is 0.172. The molecule has 0 aliphatic heterocycles. The fourth-order valence-electron chi connectivity index (χ4n) is 1.01. The average Bonchev–Trinajstić information content (AvgIpc) is 2.10. The van der Waals surface area contributed by atoms with E-state index < -0.39 is 6.10 Å². The summed E-state index contributed by atoms with van der Waals surface area (Å²) in [4.78, 5) is 0. The van der Waals surface area contributed by atoms with E-state index in [1.54, 1.807) is 6.07 Å². The third-order valence-electron chi connectivity index (χ3n) is 1.79. The molecule has 1 aromatic carbocycles. The van der Waals surface area contributed by atoms with Crippen LogP contribution in [-0.2, 0) is 0 Å². The number of rotatable bonds is 2. The molecule has 72 valence electrons. The first-order valence-electron chi connectivity index (χ1n) is 3.88. The normalized spacial score (nSPS) is 13.0. The molecule has 1 nitrogen and oxygen atoms in total. The maximum Gasteiger partial charge on any atom is 0.137 e. The number of halogens is 3. The third-order valence-corrected chi connectivity index (χ3v) is 3.08. The Morgan fingerprint density at radius 2 is 2.00 bits per heavy atom. The van der Waals surface area contributed by atoms with E-state index in [1.807, 2.05) is 6.92 Å². The van der Waals surface area contributed by atoms with Crippen LogP contribution in [0.1, 0.15) is 25.0 Å². The van der Waals surface area contributed by atoms with Gasteiger partial charge in [0.2, 0.25) is 0 Å². The molecule has 0 aromatic heterocycles. The molecule has 1 unspecified atom stereocenters. The summed E-state index contributed by atoms with van der Waals surface area (Å²) in [5.74, 6) is -0.356. The first kappa shape index (κ1) is 11.1. The summed E-state index contributed by atoms with van der Waals surface area (Å²) >= 11 is 6.33. The van der Waals surface area contributed by atoms with E-state index in [0.717, 1.165) is 4.47 Å². The van der Waals surface area contributed by atoms with Crippen LogP contribution in [0.4, 0.5) is 4.39 Å². The van der Waals surface area contributed by atoms with Gasteiger partial charge in [-0.1, -0.05) is 22.9 Å². The second kappa shape index (κ2) is 4.53. The predicted molar refractivity (Wildman–Crippen MR) is 57.1 cm³/mol. The minimum atomic E-state index is -0.614. The van der Waals surface area contributed by atoms with Gasteiger partial charge in [0, 0.05) is 4.47 Å². The highest BCUT2D eigenvalue weighted by atomic mass is 79.9. The topological polar surface area (TPSA) is 20.2 Å². The maximum atomic E-state index is 13.1. The molecule has 0 aliphatic carbocycles. The SMILES string of the molecule is CCC(O)c1cc(F)c(Br)cc1Br. The van der Waals surface area contributed by atoms with E-state index in [-0.39, 0.29) is 5.82 Å². The molecule has 0 saturated heterocycles. The molecule has 0 heterocycles. The molecule has 0 aliphatic rings. The Hall–Kier alpha value is 0.0700. The molecule has 1 atom stereocenters. The molecular weight excluding hydrogens is 303 g/mol. The van der Waals surface area contributed by atoms with Gasteiger partial charge >= 0.3 is 0 Å². The molecule has 0 saturated carbocycles. The first-order chi connectivity index (χ1) is 6.06. The summed E-state index contributed by atoms with van der Waals surface area (Å²) in [5, 5.41) is 9.51. The molecule has 1 aromatic rings. The lowest BCUT2D eigenvalue weighted by Gasteiger charge is -2.11. The Morgan fingerprint density at radius 1 is 1.38 bits per heavy atom. The van der Waals surface area contributed by atoms with Crippen molar-refractivity contribution in [3.63, 3.8) is 0 Å². The molecule has 0 bridgehead atoms. The Kier molecular flexibility index (Phi) is 3.88. The summed E-state index contributed by atoms with van der Waals surface area (Å²) in [5.41, 5.74) is 0.586. The highest BCUT2D eigenvalue weighted by molar-refractivity contribution is 9.11. The second-order valence-corrected chi connectivity index (χ2v) is 4.42. The lowest BCUT2D eigenvalue weighted by atomic mass is 10.1. The Labute approximate surface area is 93.2 Å². The van der Waals surface area contributed by atoms with Gasteiger partial charge in [0.25, 0.3) is 0 Å². The molecule has 0 fully saturated rings. The fraction of sp³-hybridized carbons (Fsp3) is 0.333. The van der Waals surface area contributed by atoms with Gasteiger partial charge in [-0.25, -0.2) is 4.39 Å². The summed E-state index contributed by atoms with van der Waals surface area (Å²) in [6.45, 7) is 1.84. The van der Waals surface area contributed by atoms with E-state index in [9.17, 15) is 9.50 Å². The van der Waals surface area contributed by atoms with Crippen LogP contribution >= 0.6 is 31.9 Å². The molecule has 1 N–H and O–H groups in total. The standard InChI is InChI=1S/C9H9Br2FO/c1-2-9(13)5-3-8(12)7(11)4-6(5)10/h3-4,9,13H,2H2,1H3. The van der Waals surface area contributed by atoms with Crippen molar-refractivity contribution in [1.82, 2.24) is 0 Å². The number of hydrogen-bond acceptors (Lipinski definition) is 1. The first-order valence-corrected chi connectivity index (χ1v) is 5.47. The average molecular weight is 312 g/mol. The fourth-order valence-corrected chi connectivity index (χ4v) is 2.27. The molecular formula is C9H9Br2FO. The largest absolute Gasteiger partial charge is 0.388 e. The van der Waals surface area contributed by atoms with Gasteiger partial charge in [-0.3, -0.25) is 0 Å². The molecule has 1 rings (SSSR count). The van der Waals surface area contributed by atoms with Crippen LogP contribution in [0.2, 0.25) is 0 Å². The second-order valence-electron chi connectivity index (χ2n) is 2.71. The third kappa shape index (κ3) is 2.51. The van der Waals surface area contributed by atoms with Crippen molar-refractivity contribution in [2.45, 2.75) is 19.4 Å². The van der Waals surface area contributed by atoms with E-state index in [1.165, 1.54) is 6.07 Å². The lowest BCUT2D eigenvalue weighted by Crippen LogP contribution is -1.97. The van der Waals surface area contributed by atoms with Gasteiger partial charge < -0.3 is 5.11 Å². The zero-order chi connectivity index (χ0) is 10.0. The molecule has 4 heteroatoms. The van der Waals surface area contributed by atoms with Crippen LogP contribution in [0.3, 0.4) is 0 Å². The van der Waals surface area contributed by atoms with Gasteiger partial charge in [0.05, 0.1) is 10.6 Å². The van der Waals surface area contributed by atoms with Gasteiger partial charge in [-0.15, -0.1) is 0 Å². The summed E-state index contributed by atoms with van der Waals surface area (Å²) in [6.07, 6.45) is -0.0448. The molecule has 0 radical (unpaired) electrons. The van der Waals surface area contributed by atoms with Crippen LogP contribution in [0.15, 0.2) is 21.1 Å². The number of benzene rings is 1. The number of aliphatic hydroxyl groups is 1. The molecule has 0 amide bonds. The van der Waals surface area contributed by atoms with Crippen molar-refractivity contribution < 1.29 is 9.50 Å². The summed E-state index contributed by atoms with van der Waals surface area (Å²) in [7, 11) is 0. The van der Waals surface area contributed by atoms with Gasteiger partial charge in [0.1, 0.15) is 5.82 Å². The Bertz CT molecular complexity index is 315. The maximum absolute atomic E-state index is 13.1. The van der Waals surface area contributed by atoms with E-state index in [4.69, 9.17) is 0 Å². The van der Waals surface area contributed by atoms with Gasteiger partial charge in [0.15, 0.2) is 0 Å². The minimum absolute atomic E-state index is 0.356. The highest BCUT2D eigenvalue weighted by Gasteiger charge is 2.12. The van der Waals surface area contributed by atoms with Crippen molar-refractivity contribution in [3.8, 4) is 0 Å². The van der Waals surface area contributed by atoms with Crippen molar-refractivity contribution in [2.75, 3.05) is 0 Å². The zero-order valence-corrected chi connectivity index (χ0v) is 10.2. The summed E-state index contributed by atoms with van der Waals surface area (Å²) in [6, 6.07) is 2.94. The van der Waals surface area contributed by atoms with Crippen LogP contribution in [0.5, 0.6) is 0 Å². The van der Waals surface area contributed by atoms with E-state index in [2.05, 4.69) is 31.9 Å². The molecule has 0 spiro atoms. The van der Waals surface area contributed by atoms with Gasteiger partial charge in [-0.2, -0.15) is 0 Å². The van der Waals surface area contributed by atoms with Crippen molar-refractivity contribution in [1.29, 1.82) is 0 Å². The monoisotopic (exact) mass is 310 g/mol. The predicted octanol–water partition coefficient (Wildman–Crippen LogP) is 3.79. The quantitative estimate of drug-likeness (QED) is 0.824. The van der Waals surface area contributed by atoms with Crippen LogP contribution in [-0.4, -0.2) is 5.11 Å². The van der Waals surface area contributed by atoms with E-state index >= 15 is 0 Å². The van der Waals surface area contributed by atoms with Crippen molar-refractivity contribution in [3.05, 3.63) is 32.5 Å². The van der Waals surface area contributed by atoms with Crippen LogP contribution in [0, 0.1) is 5.82 Å². The van der Waals surface area contributed by atoms with E-state index in [0.29, 0.717) is 16.5 Å². The summed E-state index contributed by atoms with van der Waals surface area (Å²) < 4.78 is 14.2. The van der Waals surface area contributed by atoms with Crippen molar-refractivity contribution >= 4 is 31.9 Å². The smallest absolute Gasteiger partial charge is 0.137 e. The Balaban J connectivity index is 3.15. The van der Waals surface area contributed by atoms with Crippen LogP contribution < -0.4 is 0 Å². The number of hydrogen-bond donors (Lipinski definition) is 1. The number of aliphatic hydroxyl groups excluding tert-OH is 1. The van der Waals surface area contributed by atoms with Crippen LogP contribution in [0.25, 0.3) is 0 Å². The zero-order valence-electron chi connectivity index (χ0n) is 7.02. The van der Waals surface area contributed by atoms with Gasteiger partial charge in [-0.05, 0) is 40.0 Å². The van der Waals surface area contributed by atoms with Crippen molar-refractivity contribution in [2.24, 2.45) is 0 Å². The minimum Gasteiger partial charge on any atom is -0.388 e. The highest BCUT2D eigenvalue weighted by Crippen LogP contribution is 2.30.